The number of rotatable bonds is 3. The van der Waals surface area contributed by atoms with Gasteiger partial charge >= 0.3 is 11.0 Å². The number of nitrogens with zero attached hydrogens (tertiary/aromatic N) is 2. The zero-order valence-electron chi connectivity index (χ0n) is 13.2. The van der Waals surface area contributed by atoms with Gasteiger partial charge in [-0.1, -0.05) is 0 Å². The van der Waals surface area contributed by atoms with Crippen molar-refractivity contribution >= 4 is 32.2 Å². The molecule has 2 aromatic carbocycles. The molecule has 126 valence electrons. The Bertz CT molecular complexity index is 1080. The SMILES string of the molecule is COc1cc2c(cc1O)[n+](OC)c1cc(S(=O)(=O)O)ccc1[n+]2C. The minimum Gasteiger partial charge on any atom is -0.504 e. The molecule has 0 spiro atoms. The highest BCUT2D eigenvalue weighted by atomic mass is 32.2. The largest absolute Gasteiger partial charge is 0.504 e. The predicted octanol–water partition coefficient (Wildman–Crippen LogP) is 0.124. The van der Waals surface area contributed by atoms with E-state index in [0.29, 0.717) is 27.8 Å². The van der Waals surface area contributed by atoms with E-state index in [4.69, 9.17) is 9.57 Å². The van der Waals surface area contributed by atoms with Crippen molar-refractivity contribution < 1.29 is 36.9 Å². The number of hydrogen-bond acceptors (Lipinski definition) is 5. The number of phenols is 1. The molecule has 0 saturated carbocycles. The van der Waals surface area contributed by atoms with Crippen molar-refractivity contribution in [2.45, 2.75) is 4.90 Å². The van der Waals surface area contributed by atoms with Crippen LogP contribution in [0.15, 0.2) is 35.2 Å². The molecule has 0 saturated heterocycles. The number of aromatic hydroxyl groups is 1. The zero-order chi connectivity index (χ0) is 17.6. The Balaban J connectivity index is 2.53. The Hall–Kier alpha value is -2.65. The van der Waals surface area contributed by atoms with E-state index < -0.39 is 10.1 Å². The van der Waals surface area contributed by atoms with Crippen molar-refractivity contribution in [1.29, 1.82) is 0 Å². The molecule has 8 nitrogen and oxygen atoms in total. The third-order valence-corrected chi connectivity index (χ3v) is 4.71. The van der Waals surface area contributed by atoms with E-state index in [1.165, 1.54) is 37.1 Å². The molecule has 0 aliphatic heterocycles. The number of phenolic OH excluding ortho intramolecular Hbond substituents is 1. The van der Waals surface area contributed by atoms with Gasteiger partial charge in [0.2, 0.25) is 0 Å². The summed E-state index contributed by atoms with van der Waals surface area (Å²) in [4.78, 5) is 5.11. The number of aromatic nitrogens is 2. The van der Waals surface area contributed by atoms with Crippen LogP contribution in [0.25, 0.3) is 22.1 Å². The van der Waals surface area contributed by atoms with Crippen molar-refractivity contribution in [1.82, 2.24) is 0 Å². The molecule has 0 aliphatic carbocycles. The molecule has 9 heteroatoms. The fourth-order valence-corrected chi connectivity index (χ4v) is 3.21. The number of methoxy groups -OCH3 is 1. The molecule has 0 radical (unpaired) electrons. The average molecular weight is 352 g/mol. The van der Waals surface area contributed by atoms with Gasteiger partial charge in [0.15, 0.2) is 11.5 Å². The van der Waals surface area contributed by atoms with Gasteiger partial charge in [-0.15, -0.1) is 0 Å². The van der Waals surface area contributed by atoms with Gasteiger partial charge in [-0.3, -0.25) is 9.39 Å². The van der Waals surface area contributed by atoms with Gasteiger partial charge in [0.05, 0.1) is 19.2 Å². The fourth-order valence-electron chi connectivity index (χ4n) is 2.71. The molecular weight excluding hydrogens is 336 g/mol. The van der Waals surface area contributed by atoms with E-state index in [1.807, 2.05) is 0 Å². The van der Waals surface area contributed by atoms with E-state index in [0.717, 1.165) is 0 Å². The maximum atomic E-state index is 11.4. The lowest BCUT2D eigenvalue weighted by Crippen LogP contribution is -2.47. The first-order valence-corrected chi connectivity index (χ1v) is 8.32. The molecule has 0 aliphatic rings. The van der Waals surface area contributed by atoms with Gasteiger partial charge in [0.25, 0.3) is 21.2 Å². The number of benzene rings is 2. The Morgan fingerprint density at radius 2 is 1.67 bits per heavy atom. The topological polar surface area (TPSA) is 101 Å². The quantitative estimate of drug-likeness (QED) is 0.395. The molecule has 2 N–H and O–H groups in total. The highest BCUT2D eigenvalue weighted by Crippen LogP contribution is 2.29. The van der Waals surface area contributed by atoms with E-state index in [1.54, 1.807) is 23.7 Å². The highest BCUT2D eigenvalue weighted by molar-refractivity contribution is 7.85. The predicted molar refractivity (Wildman–Crippen MR) is 83.4 cm³/mol. The van der Waals surface area contributed by atoms with Gasteiger partial charge in [-0.05, 0) is 6.07 Å². The van der Waals surface area contributed by atoms with Crippen LogP contribution in [0.2, 0.25) is 0 Å². The van der Waals surface area contributed by atoms with E-state index in [2.05, 4.69) is 0 Å². The Labute approximate surface area is 137 Å². The van der Waals surface area contributed by atoms with Crippen molar-refractivity contribution in [3.63, 3.8) is 0 Å². The molecule has 0 amide bonds. The molecule has 3 aromatic rings. The number of fused-ring (bicyclic) bond motifs is 2. The Morgan fingerprint density at radius 1 is 1.00 bits per heavy atom. The van der Waals surface area contributed by atoms with E-state index in [-0.39, 0.29) is 10.6 Å². The van der Waals surface area contributed by atoms with Crippen LogP contribution in [0.1, 0.15) is 0 Å². The second-order valence-corrected chi connectivity index (χ2v) is 6.60. The van der Waals surface area contributed by atoms with Crippen LogP contribution < -0.4 is 18.9 Å². The van der Waals surface area contributed by atoms with Crippen LogP contribution in [0, 0.1) is 0 Å². The van der Waals surface area contributed by atoms with Crippen LogP contribution in [0.3, 0.4) is 0 Å². The summed E-state index contributed by atoms with van der Waals surface area (Å²) in [7, 11) is 0.300. The van der Waals surface area contributed by atoms with Gasteiger partial charge in [0.1, 0.15) is 19.1 Å². The summed E-state index contributed by atoms with van der Waals surface area (Å²) in [5.74, 6) is 0.218. The van der Waals surface area contributed by atoms with Crippen molar-refractivity contribution in [2.75, 3.05) is 14.2 Å². The summed E-state index contributed by atoms with van der Waals surface area (Å²) in [6.45, 7) is 0. The first-order chi connectivity index (χ1) is 11.3. The average Bonchev–Trinajstić information content (AvgIpc) is 2.53. The fraction of sp³-hybridized carbons (Fsp3) is 0.200. The number of ether oxygens (including phenoxy) is 1. The van der Waals surface area contributed by atoms with Crippen LogP contribution in [-0.2, 0) is 17.2 Å². The summed E-state index contributed by atoms with van der Waals surface area (Å²) in [6.07, 6.45) is 0. The van der Waals surface area contributed by atoms with Crippen molar-refractivity contribution in [3.05, 3.63) is 30.3 Å². The van der Waals surface area contributed by atoms with E-state index in [9.17, 15) is 18.1 Å². The lowest BCUT2D eigenvalue weighted by atomic mass is 10.2. The lowest BCUT2D eigenvalue weighted by molar-refractivity contribution is -0.849. The summed E-state index contributed by atoms with van der Waals surface area (Å²) in [6, 6.07) is 7.27. The standard InChI is InChI=1S/C15H14N2O6S/c1-16-10-5-4-9(24(19,20)21)6-12(10)17(23-3)13-7-14(18)15(22-2)8-11(13)16/h4-8H,1-3H3/p+2. The number of hydrogen-bond donors (Lipinski definition) is 2. The van der Waals surface area contributed by atoms with Gasteiger partial charge < -0.3 is 9.84 Å². The molecule has 24 heavy (non-hydrogen) atoms. The van der Waals surface area contributed by atoms with E-state index >= 15 is 0 Å². The maximum Gasteiger partial charge on any atom is 0.333 e. The smallest absolute Gasteiger partial charge is 0.333 e. The summed E-state index contributed by atoms with van der Waals surface area (Å²) >= 11 is 0. The summed E-state index contributed by atoms with van der Waals surface area (Å²) < 4.78 is 40.4. The minimum atomic E-state index is -4.35. The Morgan fingerprint density at radius 3 is 2.25 bits per heavy atom. The molecule has 1 aromatic heterocycles. The minimum absolute atomic E-state index is 0.0823. The normalized spacial score (nSPS) is 11.8. The van der Waals surface area contributed by atoms with Gasteiger partial charge in [-0.25, -0.2) is 0 Å². The second-order valence-electron chi connectivity index (χ2n) is 5.17. The van der Waals surface area contributed by atoms with Crippen LogP contribution >= 0.6 is 0 Å². The summed E-state index contributed by atoms with van der Waals surface area (Å²) in [5, 5.41) is 10.0. The molecule has 1 heterocycles. The zero-order valence-corrected chi connectivity index (χ0v) is 14.0. The molecule has 0 fully saturated rings. The molecule has 3 rings (SSSR count). The first-order valence-electron chi connectivity index (χ1n) is 6.88. The second kappa shape index (κ2) is 5.46. The first kappa shape index (κ1) is 16.2. The molecule has 0 bridgehead atoms. The maximum absolute atomic E-state index is 11.4. The Kier molecular flexibility index (Phi) is 3.69. The third-order valence-electron chi connectivity index (χ3n) is 3.86. The summed E-state index contributed by atoms with van der Waals surface area (Å²) in [5.41, 5.74) is 2.26. The highest BCUT2D eigenvalue weighted by Gasteiger charge is 2.30. The van der Waals surface area contributed by atoms with Crippen molar-refractivity contribution in [2.24, 2.45) is 7.05 Å². The molecule has 0 unspecified atom stereocenters. The molecule has 0 atom stereocenters. The lowest BCUT2D eigenvalue weighted by Gasteiger charge is -2.06. The monoisotopic (exact) mass is 352 g/mol. The van der Waals surface area contributed by atoms with Crippen molar-refractivity contribution in [3.8, 4) is 11.5 Å². The van der Waals surface area contributed by atoms with Crippen LogP contribution in [-0.4, -0.2) is 32.3 Å². The van der Waals surface area contributed by atoms with Gasteiger partial charge in [-0.2, -0.15) is 13.0 Å². The molecular formula is C15H16N2O6S+2. The van der Waals surface area contributed by atoms with Crippen LogP contribution in [0.5, 0.6) is 11.5 Å². The third kappa shape index (κ3) is 2.38. The number of aryl methyl sites for hydroxylation is 1. The van der Waals surface area contributed by atoms with Gasteiger partial charge in [0, 0.05) is 16.9 Å². The van der Waals surface area contributed by atoms with Crippen LogP contribution in [0.4, 0.5) is 0 Å².